The topological polar surface area (TPSA) is 84.7 Å². The first-order valence-electron chi connectivity index (χ1n) is 6.94. The van der Waals surface area contributed by atoms with Gasteiger partial charge >= 0.3 is 6.09 Å². The lowest BCUT2D eigenvalue weighted by molar-refractivity contribution is -0.126. The van der Waals surface area contributed by atoms with E-state index in [1.807, 2.05) is 13.8 Å². The molecule has 0 radical (unpaired) electrons. The van der Waals surface area contributed by atoms with Gasteiger partial charge in [-0.1, -0.05) is 13.8 Å². The van der Waals surface area contributed by atoms with Crippen LogP contribution in [0.3, 0.4) is 0 Å². The second kappa shape index (κ2) is 7.99. The van der Waals surface area contributed by atoms with Gasteiger partial charge in [-0.15, -0.1) is 0 Å². The van der Waals surface area contributed by atoms with E-state index >= 15 is 0 Å². The number of hydrogen-bond donors (Lipinski definition) is 2. The summed E-state index contributed by atoms with van der Waals surface area (Å²) >= 11 is 0. The zero-order valence-corrected chi connectivity index (χ0v) is 11.9. The van der Waals surface area contributed by atoms with Gasteiger partial charge in [-0.05, 0) is 18.8 Å². The zero-order valence-electron chi connectivity index (χ0n) is 11.9. The number of likely N-dealkylation sites (tertiary alicyclic amines) is 1. The Morgan fingerprint density at radius 1 is 1.47 bits per heavy atom. The fourth-order valence-electron chi connectivity index (χ4n) is 2.03. The molecule has 1 rings (SSSR count). The Kier molecular flexibility index (Phi) is 6.62. The van der Waals surface area contributed by atoms with E-state index in [1.165, 1.54) is 0 Å². The van der Waals surface area contributed by atoms with Gasteiger partial charge in [0.1, 0.15) is 0 Å². The van der Waals surface area contributed by atoms with Crippen molar-refractivity contribution in [1.29, 1.82) is 0 Å². The van der Waals surface area contributed by atoms with E-state index in [0.29, 0.717) is 38.7 Å². The van der Waals surface area contributed by atoms with Gasteiger partial charge in [0.05, 0.1) is 12.5 Å². The van der Waals surface area contributed by atoms with E-state index < -0.39 is 0 Å². The number of amides is 2. The lowest BCUT2D eigenvalue weighted by atomic mass is 9.97. The largest absolute Gasteiger partial charge is 0.449 e. The van der Waals surface area contributed by atoms with Crippen molar-refractivity contribution >= 4 is 12.0 Å². The van der Waals surface area contributed by atoms with Gasteiger partial charge in [0.15, 0.2) is 0 Å². The van der Waals surface area contributed by atoms with Crippen molar-refractivity contribution in [3.63, 3.8) is 0 Å². The maximum Gasteiger partial charge on any atom is 0.409 e. The van der Waals surface area contributed by atoms with E-state index in [2.05, 4.69) is 5.32 Å². The smallest absolute Gasteiger partial charge is 0.409 e. The number of hydrogen-bond acceptors (Lipinski definition) is 4. The minimum Gasteiger partial charge on any atom is -0.449 e. The minimum absolute atomic E-state index is 0.0215. The van der Waals surface area contributed by atoms with Crippen LogP contribution in [0.1, 0.15) is 26.7 Å². The van der Waals surface area contributed by atoms with Crippen molar-refractivity contribution in [3.8, 4) is 0 Å². The molecule has 1 heterocycles. The molecule has 110 valence electrons. The number of nitrogens with one attached hydrogen (secondary N) is 1. The predicted octanol–water partition coefficient (Wildman–Crippen LogP) is 0.566. The van der Waals surface area contributed by atoms with Gasteiger partial charge in [0.25, 0.3) is 0 Å². The molecule has 0 spiro atoms. The molecule has 3 N–H and O–H groups in total. The molecule has 0 bridgehead atoms. The van der Waals surface area contributed by atoms with Gasteiger partial charge in [0.2, 0.25) is 5.91 Å². The van der Waals surface area contributed by atoms with Gasteiger partial charge < -0.3 is 20.7 Å². The average Bonchev–Trinajstić information content (AvgIpc) is 2.42. The van der Waals surface area contributed by atoms with Crippen LogP contribution >= 0.6 is 0 Å². The molecule has 1 saturated heterocycles. The lowest BCUT2D eigenvalue weighted by Crippen LogP contribution is -2.46. The quantitative estimate of drug-likeness (QED) is 0.765. The summed E-state index contributed by atoms with van der Waals surface area (Å²) in [6.45, 7) is 6.41. The Morgan fingerprint density at radius 3 is 2.84 bits per heavy atom. The number of rotatable bonds is 5. The van der Waals surface area contributed by atoms with Crippen LogP contribution in [0, 0.1) is 11.8 Å². The second-order valence-corrected chi connectivity index (χ2v) is 5.34. The molecular formula is C13H25N3O3. The number of carbonyl (C=O) groups excluding carboxylic acids is 2. The highest BCUT2D eigenvalue weighted by atomic mass is 16.6. The second-order valence-electron chi connectivity index (χ2n) is 5.34. The van der Waals surface area contributed by atoms with Crippen molar-refractivity contribution < 1.29 is 14.3 Å². The molecule has 1 aliphatic heterocycles. The van der Waals surface area contributed by atoms with Crippen LogP contribution in [-0.4, -0.2) is 49.7 Å². The van der Waals surface area contributed by atoms with Gasteiger partial charge in [-0.25, -0.2) is 4.79 Å². The first kappa shape index (κ1) is 15.8. The van der Waals surface area contributed by atoms with Gasteiger partial charge in [-0.3, -0.25) is 4.79 Å². The van der Waals surface area contributed by atoms with Crippen LogP contribution in [0.5, 0.6) is 0 Å². The lowest BCUT2D eigenvalue weighted by Gasteiger charge is -2.31. The highest BCUT2D eigenvalue weighted by Crippen LogP contribution is 2.17. The van der Waals surface area contributed by atoms with Crippen LogP contribution in [0.15, 0.2) is 0 Å². The number of nitrogens with two attached hydrogens (primary N) is 1. The Balaban J connectivity index is 2.40. The zero-order chi connectivity index (χ0) is 14.3. The molecule has 2 amide bonds. The van der Waals surface area contributed by atoms with Crippen LogP contribution in [0.2, 0.25) is 0 Å². The Morgan fingerprint density at radius 2 is 2.21 bits per heavy atom. The van der Waals surface area contributed by atoms with E-state index in [0.717, 1.165) is 12.8 Å². The third-order valence-electron chi connectivity index (χ3n) is 3.03. The van der Waals surface area contributed by atoms with Crippen molar-refractivity contribution in [2.24, 2.45) is 17.6 Å². The highest BCUT2D eigenvalue weighted by Gasteiger charge is 2.28. The van der Waals surface area contributed by atoms with E-state index in [1.54, 1.807) is 4.90 Å². The first-order chi connectivity index (χ1) is 9.04. The Bertz CT molecular complexity index is 308. The fraction of sp³-hybridized carbons (Fsp3) is 0.846. The van der Waals surface area contributed by atoms with Crippen molar-refractivity contribution in [2.45, 2.75) is 26.7 Å². The summed E-state index contributed by atoms with van der Waals surface area (Å²) in [5, 5.41) is 2.77. The summed E-state index contributed by atoms with van der Waals surface area (Å²) < 4.78 is 5.19. The standard InChI is InChI=1S/C13H25N3O3/c1-10(2)9-19-13(18)16-7-3-4-11(8-16)12(17)15-6-5-14/h10-11H,3-9,14H2,1-2H3,(H,15,17). The normalized spacial score (nSPS) is 19.4. The molecule has 1 fully saturated rings. The molecule has 6 heteroatoms. The van der Waals surface area contributed by atoms with Crippen LogP contribution in [0.25, 0.3) is 0 Å². The number of carbonyl (C=O) groups is 2. The van der Waals surface area contributed by atoms with E-state index in [9.17, 15) is 9.59 Å². The van der Waals surface area contributed by atoms with E-state index in [-0.39, 0.29) is 17.9 Å². The molecular weight excluding hydrogens is 246 g/mol. The molecule has 19 heavy (non-hydrogen) atoms. The molecule has 0 aromatic carbocycles. The number of ether oxygens (including phenoxy) is 1. The molecule has 0 saturated carbocycles. The monoisotopic (exact) mass is 271 g/mol. The summed E-state index contributed by atoms with van der Waals surface area (Å²) in [5.74, 6) is 0.149. The highest BCUT2D eigenvalue weighted by molar-refractivity contribution is 5.80. The molecule has 0 aliphatic carbocycles. The fourth-order valence-corrected chi connectivity index (χ4v) is 2.03. The van der Waals surface area contributed by atoms with Gasteiger partial charge in [0, 0.05) is 26.2 Å². The van der Waals surface area contributed by atoms with Gasteiger partial charge in [-0.2, -0.15) is 0 Å². The van der Waals surface area contributed by atoms with Crippen LogP contribution in [-0.2, 0) is 9.53 Å². The molecule has 1 atom stereocenters. The van der Waals surface area contributed by atoms with Crippen molar-refractivity contribution in [3.05, 3.63) is 0 Å². The summed E-state index contributed by atoms with van der Waals surface area (Å²) in [4.78, 5) is 25.3. The summed E-state index contributed by atoms with van der Waals surface area (Å²) in [5.41, 5.74) is 5.35. The summed E-state index contributed by atoms with van der Waals surface area (Å²) in [6.07, 6.45) is 1.33. The Labute approximate surface area is 114 Å². The predicted molar refractivity (Wildman–Crippen MR) is 72.5 cm³/mol. The maximum absolute atomic E-state index is 11.8. The maximum atomic E-state index is 11.8. The van der Waals surface area contributed by atoms with Crippen molar-refractivity contribution in [1.82, 2.24) is 10.2 Å². The van der Waals surface area contributed by atoms with Crippen LogP contribution < -0.4 is 11.1 Å². The molecule has 1 unspecified atom stereocenters. The SMILES string of the molecule is CC(C)COC(=O)N1CCCC(C(=O)NCCN)C1. The third-order valence-corrected chi connectivity index (χ3v) is 3.03. The molecule has 0 aromatic heterocycles. The summed E-state index contributed by atoms with van der Waals surface area (Å²) in [6, 6.07) is 0. The third kappa shape index (κ3) is 5.46. The average molecular weight is 271 g/mol. The molecule has 6 nitrogen and oxygen atoms in total. The number of nitrogens with zero attached hydrogens (tertiary/aromatic N) is 1. The van der Waals surface area contributed by atoms with E-state index in [4.69, 9.17) is 10.5 Å². The number of piperidine rings is 1. The van der Waals surface area contributed by atoms with Crippen molar-refractivity contribution in [2.75, 3.05) is 32.8 Å². The van der Waals surface area contributed by atoms with Crippen LogP contribution in [0.4, 0.5) is 4.79 Å². The molecule has 0 aromatic rings. The molecule has 1 aliphatic rings. The minimum atomic E-state index is -0.315. The first-order valence-corrected chi connectivity index (χ1v) is 6.94. The summed E-state index contributed by atoms with van der Waals surface area (Å²) in [7, 11) is 0. The Hall–Kier alpha value is -1.30.